The van der Waals surface area contributed by atoms with Crippen LogP contribution >= 0.6 is 0 Å². The van der Waals surface area contributed by atoms with Crippen LogP contribution in [-0.2, 0) is 0 Å². The first kappa shape index (κ1) is 12.9. The van der Waals surface area contributed by atoms with Crippen LogP contribution in [0.3, 0.4) is 0 Å². The highest BCUT2D eigenvalue weighted by atomic mass is 19.1. The summed E-state index contributed by atoms with van der Waals surface area (Å²) >= 11 is 0. The molecule has 0 aromatic heterocycles. The Morgan fingerprint density at radius 1 is 1.11 bits per heavy atom. The fraction of sp³-hybridized carbons (Fsp3) is 0.625. The Morgan fingerprint density at radius 2 is 1.79 bits per heavy atom. The number of hydrogen-bond acceptors (Lipinski definition) is 2. The summed E-state index contributed by atoms with van der Waals surface area (Å²) in [5, 5.41) is 0. The second-order valence-corrected chi connectivity index (χ2v) is 6.05. The van der Waals surface area contributed by atoms with Gasteiger partial charge in [0.05, 0.1) is 0 Å². The zero-order chi connectivity index (χ0) is 13.3. The molecule has 0 saturated heterocycles. The molecular weight excluding hydrogens is 241 g/mol. The van der Waals surface area contributed by atoms with Gasteiger partial charge in [-0.1, -0.05) is 25.3 Å². The highest BCUT2D eigenvalue weighted by Gasteiger charge is 2.39. The maximum atomic E-state index is 13.4. The van der Waals surface area contributed by atoms with E-state index in [2.05, 4.69) is 0 Å². The average molecular weight is 263 g/mol. The summed E-state index contributed by atoms with van der Waals surface area (Å²) in [5.41, 5.74) is 7.09. The molecule has 0 radical (unpaired) electrons. The number of ether oxygens (including phenoxy) is 1. The molecule has 2 N–H and O–H groups in total. The average Bonchev–Trinajstić information content (AvgIpc) is 2.34. The van der Waals surface area contributed by atoms with Gasteiger partial charge in [0.2, 0.25) is 0 Å². The number of halogens is 1. The van der Waals surface area contributed by atoms with Crippen molar-refractivity contribution in [3.8, 4) is 5.75 Å². The third-order valence-electron chi connectivity index (χ3n) is 4.56. The third kappa shape index (κ3) is 2.62. The van der Waals surface area contributed by atoms with Crippen molar-refractivity contribution in [2.24, 2.45) is 5.73 Å². The molecule has 3 heteroatoms. The summed E-state index contributed by atoms with van der Waals surface area (Å²) in [7, 11) is 0. The van der Waals surface area contributed by atoms with E-state index in [1.807, 2.05) is 0 Å². The largest absolute Gasteiger partial charge is 0.487 e. The molecule has 104 valence electrons. The summed E-state index contributed by atoms with van der Waals surface area (Å²) in [5.74, 6) is 0.424. The lowest BCUT2D eigenvalue weighted by atomic mass is 9.79. The lowest BCUT2D eigenvalue weighted by Gasteiger charge is -2.42. The Balaban J connectivity index is 1.89. The van der Waals surface area contributed by atoms with Crippen molar-refractivity contribution in [1.29, 1.82) is 0 Å². The molecule has 1 aliphatic carbocycles. The van der Waals surface area contributed by atoms with Crippen LogP contribution < -0.4 is 10.5 Å². The molecule has 1 aliphatic heterocycles. The minimum atomic E-state index is -0.242. The van der Waals surface area contributed by atoms with Crippen molar-refractivity contribution >= 4 is 0 Å². The molecule has 1 spiro atoms. The number of rotatable bonds is 0. The predicted octanol–water partition coefficient (Wildman–Crippen LogP) is 4.09. The van der Waals surface area contributed by atoms with E-state index in [1.165, 1.54) is 44.2 Å². The molecule has 1 aromatic rings. The topological polar surface area (TPSA) is 35.2 Å². The SMILES string of the molecule is NC1CC2(CCCCCCC2)Oc2cc(F)ccc21. The Hall–Kier alpha value is -1.09. The first-order chi connectivity index (χ1) is 9.19. The molecule has 2 nitrogen and oxygen atoms in total. The van der Waals surface area contributed by atoms with Crippen LogP contribution in [0.15, 0.2) is 18.2 Å². The van der Waals surface area contributed by atoms with Gasteiger partial charge in [-0.05, 0) is 31.7 Å². The van der Waals surface area contributed by atoms with Gasteiger partial charge in [0, 0.05) is 24.1 Å². The lowest BCUT2D eigenvalue weighted by Crippen LogP contribution is -2.43. The predicted molar refractivity (Wildman–Crippen MR) is 73.6 cm³/mol. The lowest BCUT2D eigenvalue weighted by molar-refractivity contribution is 0.0110. The Kier molecular flexibility index (Phi) is 3.48. The van der Waals surface area contributed by atoms with E-state index >= 15 is 0 Å². The van der Waals surface area contributed by atoms with Crippen LogP contribution in [0.25, 0.3) is 0 Å². The van der Waals surface area contributed by atoms with Crippen LogP contribution in [0.1, 0.15) is 63.0 Å². The molecule has 0 amide bonds. The number of hydrogen-bond donors (Lipinski definition) is 1. The first-order valence-corrected chi connectivity index (χ1v) is 7.43. The van der Waals surface area contributed by atoms with Gasteiger partial charge in [-0.3, -0.25) is 0 Å². The van der Waals surface area contributed by atoms with Gasteiger partial charge >= 0.3 is 0 Å². The molecular formula is C16H22FNO. The van der Waals surface area contributed by atoms with Crippen molar-refractivity contribution in [2.75, 3.05) is 0 Å². The van der Waals surface area contributed by atoms with E-state index in [9.17, 15) is 4.39 Å². The number of nitrogens with two attached hydrogens (primary N) is 1. The van der Waals surface area contributed by atoms with Crippen LogP contribution in [0, 0.1) is 5.82 Å². The van der Waals surface area contributed by atoms with Crippen LogP contribution in [0.2, 0.25) is 0 Å². The molecule has 2 aliphatic rings. The normalized spacial score (nSPS) is 26.1. The van der Waals surface area contributed by atoms with Crippen LogP contribution in [0.4, 0.5) is 4.39 Å². The van der Waals surface area contributed by atoms with E-state index in [-0.39, 0.29) is 17.5 Å². The van der Waals surface area contributed by atoms with E-state index in [1.54, 1.807) is 6.07 Å². The molecule has 1 unspecified atom stereocenters. The van der Waals surface area contributed by atoms with E-state index in [4.69, 9.17) is 10.5 Å². The minimum absolute atomic E-state index is 0.0243. The maximum Gasteiger partial charge on any atom is 0.127 e. The van der Waals surface area contributed by atoms with E-state index in [0.29, 0.717) is 5.75 Å². The first-order valence-electron chi connectivity index (χ1n) is 7.43. The van der Waals surface area contributed by atoms with Gasteiger partial charge in [-0.25, -0.2) is 4.39 Å². The second-order valence-electron chi connectivity index (χ2n) is 6.05. The summed E-state index contributed by atoms with van der Waals surface area (Å²) < 4.78 is 19.6. The number of fused-ring (bicyclic) bond motifs is 1. The molecule has 0 bridgehead atoms. The van der Waals surface area contributed by atoms with Crippen molar-refractivity contribution < 1.29 is 9.13 Å². The zero-order valence-corrected chi connectivity index (χ0v) is 11.3. The summed E-state index contributed by atoms with van der Waals surface area (Å²) in [6, 6.07) is 4.71. The zero-order valence-electron chi connectivity index (χ0n) is 11.3. The van der Waals surface area contributed by atoms with Gasteiger partial charge in [0.15, 0.2) is 0 Å². The minimum Gasteiger partial charge on any atom is -0.487 e. The second kappa shape index (κ2) is 5.12. The van der Waals surface area contributed by atoms with Crippen LogP contribution in [0.5, 0.6) is 5.75 Å². The molecule has 1 heterocycles. The molecule has 1 atom stereocenters. The fourth-order valence-corrected chi connectivity index (χ4v) is 3.54. The van der Waals surface area contributed by atoms with Gasteiger partial charge in [0.25, 0.3) is 0 Å². The molecule has 1 saturated carbocycles. The monoisotopic (exact) mass is 263 g/mol. The molecule has 3 rings (SSSR count). The van der Waals surface area contributed by atoms with Gasteiger partial charge in [-0.15, -0.1) is 0 Å². The Bertz CT molecular complexity index is 452. The van der Waals surface area contributed by atoms with Crippen LogP contribution in [-0.4, -0.2) is 5.60 Å². The van der Waals surface area contributed by atoms with Gasteiger partial charge < -0.3 is 10.5 Å². The highest BCUT2D eigenvalue weighted by Crippen LogP contribution is 2.44. The molecule has 1 aromatic carbocycles. The highest BCUT2D eigenvalue weighted by molar-refractivity contribution is 5.39. The maximum absolute atomic E-state index is 13.4. The summed E-state index contributed by atoms with van der Waals surface area (Å²) in [6.45, 7) is 0. The summed E-state index contributed by atoms with van der Waals surface area (Å²) in [6.07, 6.45) is 9.23. The van der Waals surface area contributed by atoms with Crippen molar-refractivity contribution in [3.05, 3.63) is 29.6 Å². The summed E-state index contributed by atoms with van der Waals surface area (Å²) in [4.78, 5) is 0. The van der Waals surface area contributed by atoms with E-state index in [0.717, 1.165) is 24.8 Å². The van der Waals surface area contributed by atoms with E-state index < -0.39 is 0 Å². The third-order valence-corrected chi connectivity index (χ3v) is 4.56. The molecule has 1 fully saturated rings. The van der Waals surface area contributed by atoms with Gasteiger partial charge in [0.1, 0.15) is 17.2 Å². The molecule has 19 heavy (non-hydrogen) atoms. The Labute approximate surface area is 114 Å². The van der Waals surface area contributed by atoms with Crippen molar-refractivity contribution in [3.63, 3.8) is 0 Å². The quantitative estimate of drug-likeness (QED) is 0.765. The van der Waals surface area contributed by atoms with Crippen molar-refractivity contribution in [2.45, 2.75) is 63.0 Å². The fourth-order valence-electron chi connectivity index (χ4n) is 3.54. The van der Waals surface area contributed by atoms with Gasteiger partial charge in [-0.2, -0.15) is 0 Å². The number of benzene rings is 1. The van der Waals surface area contributed by atoms with Crippen molar-refractivity contribution in [1.82, 2.24) is 0 Å². The Morgan fingerprint density at radius 3 is 2.53 bits per heavy atom. The smallest absolute Gasteiger partial charge is 0.127 e. The standard InChI is InChI=1S/C16H22FNO/c17-12-6-7-13-14(18)11-16(19-15(13)10-12)8-4-2-1-3-5-9-16/h6-7,10,14H,1-5,8-9,11,18H2.